The maximum atomic E-state index is 12.3. The predicted octanol–water partition coefficient (Wildman–Crippen LogP) is 4.73. The summed E-state index contributed by atoms with van der Waals surface area (Å²) in [6.07, 6.45) is 3.81. The van der Waals surface area contributed by atoms with Crippen LogP contribution in [0.5, 0.6) is 11.5 Å². The molecule has 3 nitrogen and oxygen atoms in total. The van der Waals surface area contributed by atoms with Crippen molar-refractivity contribution in [1.82, 2.24) is 0 Å². The molecule has 3 heteroatoms. The van der Waals surface area contributed by atoms with Crippen molar-refractivity contribution in [2.24, 2.45) is 0 Å². The molecule has 0 spiro atoms. The van der Waals surface area contributed by atoms with Crippen molar-refractivity contribution < 1.29 is 14.3 Å². The molecule has 0 N–H and O–H groups in total. The number of carbonyl (C=O) groups excluding carboxylic acids is 1. The zero-order valence-corrected chi connectivity index (χ0v) is 12.8. The zero-order valence-electron chi connectivity index (χ0n) is 12.8. The molecule has 0 aliphatic carbocycles. The molecule has 2 aromatic rings. The molecule has 0 aromatic heterocycles. The van der Waals surface area contributed by atoms with E-state index in [0.717, 1.165) is 41.9 Å². The summed E-state index contributed by atoms with van der Waals surface area (Å²) in [7, 11) is 0. The minimum absolute atomic E-state index is 0.254. The maximum Gasteiger partial charge on any atom is 0.338 e. The van der Waals surface area contributed by atoms with Gasteiger partial charge in [-0.25, -0.2) is 4.79 Å². The van der Waals surface area contributed by atoms with Crippen molar-refractivity contribution >= 4 is 5.97 Å². The summed E-state index contributed by atoms with van der Waals surface area (Å²) in [5.41, 5.74) is 2.63. The number of ether oxygens (including phenoxy) is 2. The molecular weight excluding hydrogens is 276 g/mol. The first-order valence-corrected chi connectivity index (χ1v) is 7.84. The van der Waals surface area contributed by atoms with Gasteiger partial charge in [0.2, 0.25) is 0 Å². The molecule has 0 bridgehead atoms. The second kappa shape index (κ2) is 6.65. The molecule has 0 amide bonds. The molecule has 1 aliphatic heterocycles. The van der Waals surface area contributed by atoms with Crippen molar-refractivity contribution in [2.45, 2.75) is 32.6 Å². The van der Waals surface area contributed by atoms with E-state index in [4.69, 9.17) is 9.47 Å². The van der Waals surface area contributed by atoms with Crippen molar-refractivity contribution in [1.29, 1.82) is 0 Å². The van der Waals surface area contributed by atoms with Gasteiger partial charge in [0.25, 0.3) is 0 Å². The number of hydrogen-bond donors (Lipinski definition) is 0. The number of hydrogen-bond acceptors (Lipinski definition) is 3. The van der Waals surface area contributed by atoms with Gasteiger partial charge < -0.3 is 9.47 Å². The van der Waals surface area contributed by atoms with Crippen LogP contribution >= 0.6 is 0 Å². The number of esters is 1. The van der Waals surface area contributed by atoms with Crippen molar-refractivity contribution in [3.63, 3.8) is 0 Å². The lowest BCUT2D eigenvalue weighted by Gasteiger charge is -2.21. The highest BCUT2D eigenvalue weighted by Gasteiger charge is 2.22. The van der Waals surface area contributed by atoms with Crippen molar-refractivity contribution in [3.05, 3.63) is 59.2 Å². The molecule has 0 saturated heterocycles. The van der Waals surface area contributed by atoms with Gasteiger partial charge in [-0.05, 0) is 30.2 Å². The third kappa shape index (κ3) is 2.98. The largest absolute Gasteiger partial charge is 0.462 e. The lowest BCUT2D eigenvalue weighted by molar-refractivity contribution is 0.0496. The quantitative estimate of drug-likeness (QED) is 0.504. The molecule has 114 valence electrons. The summed E-state index contributed by atoms with van der Waals surface area (Å²) < 4.78 is 11.3. The SMILES string of the molecule is CCCCCOC(=O)c1cccc2c1Cc1ccccc1O2. The van der Waals surface area contributed by atoms with Crippen LogP contribution in [0.3, 0.4) is 0 Å². The van der Waals surface area contributed by atoms with Gasteiger partial charge in [0.15, 0.2) is 0 Å². The molecule has 0 fully saturated rings. The van der Waals surface area contributed by atoms with E-state index >= 15 is 0 Å². The summed E-state index contributed by atoms with van der Waals surface area (Å²) in [4.78, 5) is 12.3. The fourth-order valence-corrected chi connectivity index (χ4v) is 2.69. The smallest absolute Gasteiger partial charge is 0.338 e. The Bertz CT molecular complexity index is 676. The van der Waals surface area contributed by atoms with E-state index < -0.39 is 0 Å². The molecule has 2 aromatic carbocycles. The van der Waals surface area contributed by atoms with Crippen LogP contribution in [0.25, 0.3) is 0 Å². The van der Waals surface area contributed by atoms with Gasteiger partial charge in [0.05, 0.1) is 12.2 Å². The Hall–Kier alpha value is -2.29. The van der Waals surface area contributed by atoms with E-state index in [9.17, 15) is 4.79 Å². The lowest BCUT2D eigenvalue weighted by Crippen LogP contribution is -2.13. The minimum Gasteiger partial charge on any atom is -0.462 e. The lowest BCUT2D eigenvalue weighted by atomic mass is 9.96. The van der Waals surface area contributed by atoms with E-state index in [2.05, 4.69) is 6.92 Å². The third-order valence-electron chi connectivity index (χ3n) is 3.89. The van der Waals surface area contributed by atoms with Crippen LogP contribution in [0.2, 0.25) is 0 Å². The van der Waals surface area contributed by atoms with Gasteiger partial charge in [-0.15, -0.1) is 0 Å². The molecule has 0 saturated carbocycles. The average molecular weight is 296 g/mol. The Morgan fingerprint density at radius 1 is 1.09 bits per heavy atom. The van der Waals surface area contributed by atoms with Crippen LogP contribution in [0.4, 0.5) is 0 Å². The number of fused-ring (bicyclic) bond motifs is 2. The molecule has 3 rings (SSSR count). The highest BCUT2D eigenvalue weighted by atomic mass is 16.5. The predicted molar refractivity (Wildman–Crippen MR) is 85.6 cm³/mol. The van der Waals surface area contributed by atoms with Gasteiger partial charge in [-0.3, -0.25) is 0 Å². The fraction of sp³-hybridized carbons (Fsp3) is 0.316. The summed E-state index contributed by atoms with van der Waals surface area (Å²) in [6, 6.07) is 13.5. The summed E-state index contributed by atoms with van der Waals surface area (Å²) in [5, 5.41) is 0. The summed E-state index contributed by atoms with van der Waals surface area (Å²) in [6.45, 7) is 2.61. The highest BCUT2D eigenvalue weighted by Crippen LogP contribution is 2.37. The van der Waals surface area contributed by atoms with E-state index in [1.54, 1.807) is 0 Å². The topological polar surface area (TPSA) is 35.5 Å². The number of carbonyl (C=O) groups is 1. The fourth-order valence-electron chi connectivity index (χ4n) is 2.69. The van der Waals surface area contributed by atoms with E-state index in [-0.39, 0.29) is 5.97 Å². The molecule has 0 radical (unpaired) electrons. The first-order chi connectivity index (χ1) is 10.8. The molecule has 1 heterocycles. The molecule has 22 heavy (non-hydrogen) atoms. The van der Waals surface area contributed by atoms with Crippen LogP contribution in [0.1, 0.15) is 47.7 Å². The molecular formula is C19H20O3. The second-order valence-corrected chi connectivity index (χ2v) is 5.51. The van der Waals surface area contributed by atoms with Crippen LogP contribution in [0, 0.1) is 0 Å². The number of benzene rings is 2. The number of para-hydroxylation sites is 1. The summed E-state index contributed by atoms with van der Waals surface area (Å²) >= 11 is 0. The first-order valence-electron chi connectivity index (χ1n) is 7.84. The summed E-state index contributed by atoms with van der Waals surface area (Å²) in [5.74, 6) is 1.36. The van der Waals surface area contributed by atoms with Gasteiger partial charge in [-0.1, -0.05) is 44.0 Å². The standard InChI is InChI=1S/C19H20O3/c1-2-3-6-12-21-19(20)15-9-7-11-18-16(15)13-14-8-4-5-10-17(14)22-18/h4-5,7-11H,2-3,6,12-13H2,1H3. The maximum absolute atomic E-state index is 12.3. The Balaban J connectivity index is 1.79. The third-order valence-corrected chi connectivity index (χ3v) is 3.89. The number of unbranched alkanes of at least 4 members (excludes halogenated alkanes) is 2. The van der Waals surface area contributed by atoms with Crippen molar-refractivity contribution in [2.75, 3.05) is 6.61 Å². The van der Waals surface area contributed by atoms with Gasteiger partial charge in [0.1, 0.15) is 11.5 Å². The zero-order chi connectivity index (χ0) is 15.4. The van der Waals surface area contributed by atoms with Crippen LogP contribution < -0.4 is 4.74 Å². The van der Waals surface area contributed by atoms with Crippen LogP contribution in [-0.2, 0) is 11.2 Å². The van der Waals surface area contributed by atoms with E-state index in [0.29, 0.717) is 18.6 Å². The Labute approximate surface area is 130 Å². The van der Waals surface area contributed by atoms with Crippen LogP contribution in [0.15, 0.2) is 42.5 Å². The molecule has 0 unspecified atom stereocenters. The Kier molecular flexibility index (Phi) is 4.42. The Morgan fingerprint density at radius 2 is 1.91 bits per heavy atom. The number of rotatable bonds is 5. The molecule has 0 atom stereocenters. The normalized spacial score (nSPS) is 12.0. The Morgan fingerprint density at radius 3 is 2.77 bits per heavy atom. The highest BCUT2D eigenvalue weighted by molar-refractivity contribution is 5.92. The van der Waals surface area contributed by atoms with Crippen LogP contribution in [-0.4, -0.2) is 12.6 Å². The van der Waals surface area contributed by atoms with E-state index in [1.807, 2.05) is 42.5 Å². The minimum atomic E-state index is -0.254. The second-order valence-electron chi connectivity index (χ2n) is 5.51. The van der Waals surface area contributed by atoms with Gasteiger partial charge >= 0.3 is 5.97 Å². The van der Waals surface area contributed by atoms with Gasteiger partial charge in [-0.2, -0.15) is 0 Å². The van der Waals surface area contributed by atoms with Gasteiger partial charge in [0, 0.05) is 12.0 Å². The average Bonchev–Trinajstić information content (AvgIpc) is 2.56. The first kappa shape index (κ1) is 14.6. The monoisotopic (exact) mass is 296 g/mol. The molecule has 1 aliphatic rings. The van der Waals surface area contributed by atoms with E-state index in [1.165, 1.54) is 0 Å². The van der Waals surface area contributed by atoms with Crippen molar-refractivity contribution in [3.8, 4) is 11.5 Å².